The monoisotopic (exact) mass is 374 g/mol. The van der Waals surface area contributed by atoms with Crippen LogP contribution in [0.5, 0.6) is 0 Å². The molecule has 0 saturated carbocycles. The number of benzene rings is 4. The molecule has 0 radical (unpaired) electrons. The zero-order valence-corrected chi connectivity index (χ0v) is 16.3. The average molecular weight is 374 g/mol. The standard InChI is InChI=1S/C27H19P/c1-3-9-20(10-4-1)24-14-7-13-21-17-18-23(19-25(21)24)27-16-8-15-26(28-27)22-11-5-2-6-12-22/h1-19H. The first-order valence-corrected chi connectivity index (χ1v) is 10.4. The first kappa shape index (κ1) is 16.9. The Bertz CT molecular complexity index is 1240. The lowest BCUT2D eigenvalue weighted by Crippen LogP contribution is -1.83. The van der Waals surface area contributed by atoms with Crippen LogP contribution in [0.4, 0.5) is 0 Å². The molecule has 1 aromatic heterocycles. The normalized spacial score (nSPS) is 11.1. The summed E-state index contributed by atoms with van der Waals surface area (Å²) in [6.45, 7) is 0. The van der Waals surface area contributed by atoms with E-state index in [0.29, 0.717) is 0 Å². The average Bonchev–Trinajstić information content (AvgIpc) is 2.79. The van der Waals surface area contributed by atoms with E-state index in [1.165, 1.54) is 51.8 Å². The maximum atomic E-state index is 2.35. The van der Waals surface area contributed by atoms with Gasteiger partial charge in [0, 0.05) is 10.6 Å². The predicted octanol–water partition coefficient (Wildman–Crippen LogP) is 8.42. The molecule has 0 nitrogen and oxygen atoms in total. The smallest absolute Gasteiger partial charge is 0.00963 e. The van der Waals surface area contributed by atoms with Gasteiger partial charge in [0.15, 0.2) is 0 Å². The van der Waals surface area contributed by atoms with Crippen molar-refractivity contribution in [1.82, 2.24) is 0 Å². The van der Waals surface area contributed by atoms with E-state index >= 15 is 0 Å². The van der Waals surface area contributed by atoms with Crippen molar-refractivity contribution >= 4 is 19.0 Å². The molecule has 132 valence electrons. The Labute approximate surface area is 167 Å². The topological polar surface area (TPSA) is 0 Å². The highest BCUT2D eigenvalue weighted by atomic mass is 31.0. The molecule has 0 spiro atoms. The molecule has 1 heteroatoms. The summed E-state index contributed by atoms with van der Waals surface area (Å²) in [5, 5.41) is 5.26. The van der Waals surface area contributed by atoms with Crippen molar-refractivity contribution in [2.45, 2.75) is 0 Å². The molecule has 5 aromatic rings. The first-order valence-electron chi connectivity index (χ1n) is 9.49. The lowest BCUT2D eigenvalue weighted by molar-refractivity contribution is 1.65. The van der Waals surface area contributed by atoms with E-state index in [-0.39, 0.29) is 0 Å². The Kier molecular flexibility index (Phi) is 4.49. The van der Waals surface area contributed by atoms with Gasteiger partial charge in [0.1, 0.15) is 0 Å². The maximum Gasteiger partial charge on any atom is 0.00963 e. The van der Waals surface area contributed by atoms with Gasteiger partial charge in [-0.2, -0.15) is 0 Å². The number of hydrogen-bond donors (Lipinski definition) is 0. The third kappa shape index (κ3) is 3.24. The van der Waals surface area contributed by atoms with Crippen LogP contribution in [0.15, 0.2) is 115 Å². The van der Waals surface area contributed by atoms with Crippen LogP contribution in [-0.4, -0.2) is 0 Å². The van der Waals surface area contributed by atoms with E-state index in [2.05, 4.69) is 115 Å². The van der Waals surface area contributed by atoms with Gasteiger partial charge < -0.3 is 0 Å². The Morgan fingerprint density at radius 2 is 1.07 bits per heavy atom. The molecule has 0 fully saturated rings. The minimum absolute atomic E-state index is 1.25. The predicted molar refractivity (Wildman–Crippen MR) is 123 cm³/mol. The number of hydrogen-bond acceptors (Lipinski definition) is 0. The maximum absolute atomic E-state index is 2.35. The van der Waals surface area contributed by atoms with Crippen LogP contribution < -0.4 is 0 Å². The Morgan fingerprint density at radius 3 is 1.82 bits per heavy atom. The van der Waals surface area contributed by atoms with Gasteiger partial charge in [-0.3, -0.25) is 0 Å². The molecule has 0 bridgehead atoms. The zero-order valence-electron chi connectivity index (χ0n) is 15.4. The second kappa shape index (κ2) is 7.43. The van der Waals surface area contributed by atoms with Crippen molar-refractivity contribution in [3.8, 4) is 32.8 Å². The minimum Gasteiger partial charge on any atom is -0.0622 e. The summed E-state index contributed by atoms with van der Waals surface area (Å²) in [4.78, 5) is 0. The molecule has 0 N–H and O–H groups in total. The highest BCUT2D eigenvalue weighted by molar-refractivity contribution is 7.37. The van der Waals surface area contributed by atoms with Crippen LogP contribution in [0.2, 0.25) is 0 Å². The summed E-state index contributed by atoms with van der Waals surface area (Å²) in [6, 6.07) is 41.3. The SMILES string of the molecule is c1ccc(-c2cccc(-c3ccc4cccc(-c5ccccc5)c4c3)p2)cc1. The third-order valence-electron chi connectivity index (χ3n) is 5.08. The van der Waals surface area contributed by atoms with Crippen LogP contribution in [0.3, 0.4) is 0 Å². The Morgan fingerprint density at radius 1 is 0.429 bits per heavy atom. The van der Waals surface area contributed by atoms with Gasteiger partial charge in [-0.25, -0.2) is 0 Å². The number of fused-ring (bicyclic) bond motifs is 1. The van der Waals surface area contributed by atoms with Crippen LogP contribution in [0, 0.1) is 0 Å². The van der Waals surface area contributed by atoms with E-state index in [1.807, 2.05) is 0 Å². The molecule has 28 heavy (non-hydrogen) atoms. The Hall–Kier alpha value is -3.21. The summed E-state index contributed by atoms with van der Waals surface area (Å²) < 4.78 is 0. The number of rotatable bonds is 3. The molecular formula is C27H19P. The molecule has 0 unspecified atom stereocenters. The summed E-state index contributed by atoms with van der Waals surface area (Å²) in [5.74, 6) is 0. The van der Waals surface area contributed by atoms with Crippen molar-refractivity contribution in [2.75, 3.05) is 0 Å². The molecule has 0 aliphatic heterocycles. The minimum atomic E-state index is 1.25. The molecule has 0 atom stereocenters. The second-order valence-corrected chi connectivity index (χ2v) is 8.07. The van der Waals surface area contributed by atoms with Gasteiger partial charge in [-0.05, 0) is 51.2 Å². The third-order valence-corrected chi connectivity index (χ3v) is 6.38. The van der Waals surface area contributed by atoms with Crippen molar-refractivity contribution in [1.29, 1.82) is 0 Å². The molecule has 0 aliphatic rings. The van der Waals surface area contributed by atoms with E-state index in [9.17, 15) is 0 Å². The van der Waals surface area contributed by atoms with Gasteiger partial charge in [-0.15, -0.1) is 0 Å². The highest BCUT2D eigenvalue weighted by Crippen LogP contribution is 2.39. The van der Waals surface area contributed by atoms with Gasteiger partial charge in [0.25, 0.3) is 0 Å². The van der Waals surface area contributed by atoms with E-state index in [0.717, 1.165) is 0 Å². The summed E-state index contributed by atoms with van der Waals surface area (Å²) >= 11 is 0. The van der Waals surface area contributed by atoms with E-state index in [4.69, 9.17) is 0 Å². The molecule has 5 rings (SSSR count). The van der Waals surface area contributed by atoms with E-state index in [1.54, 1.807) is 0 Å². The van der Waals surface area contributed by atoms with Gasteiger partial charge in [-0.1, -0.05) is 105 Å². The summed E-state index contributed by atoms with van der Waals surface area (Å²) in [6.07, 6.45) is 0. The quantitative estimate of drug-likeness (QED) is 0.297. The fourth-order valence-corrected chi connectivity index (χ4v) is 4.79. The van der Waals surface area contributed by atoms with Crippen molar-refractivity contribution in [3.05, 3.63) is 115 Å². The van der Waals surface area contributed by atoms with Gasteiger partial charge in [0.05, 0.1) is 0 Å². The van der Waals surface area contributed by atoms with Gasteiger partial charge in [0.2, 0.25) is 0 Å². The lowest BCUT2D eigenvalue weighted by Gasteiger charge is -2.10. The van der Waals surface area contributed by atoms with Crippen molar-refractivity contribution in [2.24, 2.45) is 0 Å². The highest BCUT2D eigenvalue weighted by Gasteiger charge is 2.07. The van der Waals surface area contributed by atoms with Crippen molar-refractivity contribution < 1.29 is 0 Å². The fourth-order valence-electron chi connectivity index (χ4n) is 3.67. The summed E-state index contributed by atoms with van der Waals surface area (Å²) in [7, 11) is 1.25. The van der Waals surface area contributed by atoms with E-state index < -0.39 is 0 Å². The largest absolute Gasteiger partial charge is 0.0622 e. The Balaban J connectivity index is 1.65. The molecule has 1 heterocycles. The van der Waals surface area contributed by atoms with Crippen LogP contribution in [0.25, 0.3) is 43.6 Å². The first-order chi connectivity index (χ1) is 13.9. The van der Waals surface area contributed by atoms with Crippen LogP contribution in [0.1, 0.15) is 0 Å². The lowest BCUT2D eigenvalue weighted by atomic mass is 9.96. The van der Waals surface area contributed by atoms with Gasteiger partial charge >= 0.3 is 0 Å². The molecule has 4 aromatic carbocycles. The molecule has 0 saturated heterocycles. The second-order valence-electron chi connectivity index (χ2n) is 6.88. The molecule has 0 amide bonds. The molecule has 0 aliphatic carbocycles. The van der Waals surface area contributed by atoms with Crippen LogP contribution in [-0.2, 0) is 0 Å². The van der Waals surface area contributed by atoms with Crippen LogP contribution >= 0.6 is 8.19 Å². The summed E-state index contributed by atoms with van der Waals surface area (Å²) in [5.41, 5.74) is 5.12. The van der Waals surface area contributed by atoms with Crippen molar-refractivity contribution in [3.63, 3.8) is 0 Å². The molecular weight excluding hydrogens is 355 g/mol. The zero-order chi connectivity index (χ0) is 18.8. The fraction of sp³-hybridized carbons (Fsp3) is 0.